The number of aliphatic hydroxyl groups excluding tert-OH is 5. The summed E-state index contributed by atoms with van der Waals surface area (Å²) in [6.45, 7) is 4.68. The van der Waals surface area contributed by atoms with Crippen LogP contribution in [0.3, 0.4) is 0 Å². The topological polar surface area (TPSA) is 132 Å². The molecule has 1 fully saturated rings. The summed E-state index contributed by atoms with van der Waals surface area (Å²) in [5, 5.41) is 53.8. The van der Waals surface area contributed by atoms with Crippen LogP contribution in [0, 0.1) is 0 Å². The lowest BCUT2D eigenvalue weighted by molar-refractivity contribution is -0.302. The molecule has 8 nitrogen and oxygen atoms in total. The molecule has 0 radical (unpaired) electrons. The summed E-state index contributed by atoms with van der Waals surface area (Å²) in [7, 11) is 0. The van der Waals surface area contributed by atoms with Gasteiger partial charge in [-0.1, -0.05) is 109 Å². The second-order valence-corrected chi connectivity index (χ2v) is 10.9. The zero-order valence-electron chi connectivity index (χ0n) is 24.2. The smallest absolute Gasteiger partial charge is 0.186 e. The van der Waals surface area contributed by atoms with Gasteiger partial charge in [-0.3, -0.25) is 0 Å². The van der Waals surface area contributed by atoms with Crippen LogP contribution in [0.4, 0.5) is 0 Å². The number of aliphatic hydroxyl groups is 5. The molecule has 1 heterocycles. The highest BCUT2D eigenvalue weighted by Gasteiger charge is 2.44. The standard InChI is InChI=1S/C30H59NO7/c1-3-5-7-9-10-11-12-13-14-15-16-17-18-20-25(33)24(31-21-19-8-6-4-2)23-37-30-29(36)28(35)27(34)26(22-32)38-30/h18,20,24-36H,3-17,19,21-23H2,1-2H3/b20-18+/t24?,25-,26-,27-,28+,29+,30-/m1/s1. The van der Waals surface area contributed by atoms with Crippen molar-refractivity contribution in [3.63, 3.8) is 0 Å². The maximum atomic E-state index is 10.8. The number of nitrogens with one attached hydrogen (secondary N) is 1. The van der Waals surface area contributed by atoms with Crippen LogP contribution < -0.4 is 5.32 Å². The third kappa shape index (κ3) is 15.3. The average molecular weight is 546 g/mol. The second-order valence-electron chi connectivity index (χ2n) is 10.9. The SMILES string of the molecule is CCCCCCCCCCCCC/C=C/[C@@H](O)C(CO[C@@H]1O[C@H](CO)[C@@H](O)[C@H](O)[C@@H]1O)NCCCCCC. The van der Waals surface area contributed by atoms with Crippen molar-refractivity contribution in [2.75, 3.05) is 19.8 Å². The van der Waals surface area contributed by atoms with Gasteiger partial charge in [0.15, 0.2) is 6.29 Å². The second kappa shape index (κ2) is 23.2. The molecule has 1 aliphatic heterocycles. The molecule has 0 spiro atoms. The van der Waals surface area contributed by atoms with Crippen molar-refractivity contribution < 1.29 is 35.0 Å². The highest BCUT2D eigenvalue weighted by molar-refractivity contribution is 4.96. The quantitative estimate of drug-likeness (QED) is 0.0794. The molecule has 0 bridgehead atoms. The van der Waals surface area contributed by atoms with Gasteiger partial charge in [-0.2, -0.15) is 0 Å². The van der Waals surface area contributed by atoms with Crippen LogP contribution in [0.2, 0.25) is 0 Å². The molecular weight excluding hydrogens is 486 g/mol. The van der Waals surface area contributed by atoms with E-state index in [1.54, 1.807) is 6.08 Å². The van der Waals surface area contributed by atoms with Gasteiger partial charge in [-0.25, -0.2) is 0 Å². The van der Waals surface area contributed by atoms with Crippen LogP contribution in [0.25, 0.3) is 0 Å². The molecule has 1 unspecified atom stereocenters. The van der Waals surface area contributed by atoms with Gasteiger partial charge in [0.2, 0.25) is 0 Å². The molecule has 7 atom stereocenters. The van der Waals surface area contributed by atoms with Gasteiger partial charge in [-0.05, 0) is 25.8 Å². The van der Waals surface area contributed by atoms with E-state index in [-0.39, 0.29) is 6.61 Å². The fraction of sp³-hybridized carbons (Fsp3) is 0.933. The lowest BCUT2D eigenvalue weighted by atomic mass is 9.99. The van der Waals surface area contributed by atoms with E-state index >= 15 is 0 Å². The number of allylic oxidation sites excluding steroid dienone is 1. The minimum atomic E-state index is -1.48. The number of rotatable bonds is 24. The van der Waals surface area contributed by atoms with E-state index in [1.807, 2.05) is 6.08 Å². The van der Waals surface area contributed by atoms with Gasteiger partial charge >= 0.3 is 0 Å². The Hall–Kier alpha value is -0.580. The molecule has 1 saturated heterocycles. The summed E-state index contributed by atoms with van der Waals surface area (Å²) in [4.78, 5) is 0. The molecular formula is C30H59NO7. The number of hydrogen-bond donors (Lipinski definition) is 6. The average Bonchev–Trinajstić information content (AvgIpc) is 2.92. The summed E-state index contributed by atoms with van der Waals surface area (Å²) in [6.07, 6.45) is 16.1. The third-order valence-corrected chi connectivity index (χ3v) is 7.45. The van der Waals surface area contributed by atoms with Crippen molar-refractivity contribution in [1.82, 2.24) is 5.32 Å². The van der Waals surface area contributed by atoms with Gasteiger partial charge < -0.3 is 40.3 Å². The van der Waals surface area contributed by atoms with E-state index in [1.165, 1.54) is 64.2 Å². The van der Waals surface area contributed by atoms with Gasteiger partial charge in [-0.15, -0.1) is 0 Å². The first-order chi connectivity index (χ1) is 18.5. The zero-order valence-corrected chi connectivity index (χ0v) is 24.2. The van der Waals surface area contributed by atoms with Gasteiger partial charge in [0.25, 0.3) is 0 Å². The molecule has 0 aromatic carbocycles. The highest BCUT2D eigenvalue weighted by atomic mass is 16.7. The molecule has 1 rings (SSSR count). The van der Waals surface area contributed by atoms with Crippen molar-refractivity contribution in [2.24, 2.45) is 0 Å². The Morgan fingerprint density at radius 3 is 1.89 bits per heavy atom. The van der Waals surface area contributed by atoms with Crippen molar-refractivity contribution in [3.05, 3.63) is 12.2 Å². The van der Waals surface area contributed by atoms with Crippen LogP contribution in [-0.4, -0.2) is 88.1 Å². The summed E-state index contributed by atoms with van der Waals surface area (Å²) < 4.78 is 11.2. The van der Waals surface area contributed by atoms with Crippen LogP contribution in [0.5, 0.6) is 0 Å². The van der Waals surface area contributed by atoms with Crippen molar-refractivity contribution in [3.8, 4) is 0 Å². The van der Waals surface area contributed by atoms with Crippen LogP contribution in [-0.2, 0) is 9.47 Å². The monoisotopic (exact) mass is 545 g/mol. The van der Waals surface area contributed by atoms with Crippen LogP contribution in [0.15, 0.2) is 12.2 Å². The molecule has 6 N–H and O–H groups in total. The Morgan fingerprint density at radius 1 is 0.763 bits per heavy atom. The first-order valence-corrected chi connectivity index (χ1v) is 15.5. The molecule has 0 aliphatic carbocycles. The summed E-state index contributed by atoms with van der Waals surface area (Å²) >= 11 is 0. The normalized spacial score (nSPS) is 25.7. The van der Waals surface area contributed by atoms with Crippen molar-refractivity contribution >= 4 is 0 Å². The summed E-state index contributed by atoms with van der Waals surface area (Å²) in [5.74, 6) is 0. The predicted octanol–water partition coefficient (Wildman–Crippen LogP) is 3.96. The number of unbranched alkanes of at least 4 members (excludes halogenated alkanes) is 14. The molecule has 0 amide bonds. The predicted molar refractivity (Wildman–Crippen MR) is 152 cm³/mol. The van der Waals surface area contributed by atoms with E-state index in [0.29, 0.717) is 0 Å². The lowest BCUT2D eigenvalue weighted by Crippen LogP contribution is -2.59. The van der Waals surface area contributed by atoms with Gasteiger partial charge in [0, 0.05) is 0 Å². The van der Waals surface area contributed by atoms with E-state index < -0.39 is 49.5 Å². The number of hydrogen-bond acceptors (Lipinski definition) is 8. The minimum absolute atomic E-state index is 0.0421. The highest BCUT2D eigenvalue weighted by Crippen LogP contribution is 2.22. The van der Waals surface area contributed by atoms with Gasteiger partial charge in [0.1, 0.15) is 24.4 Å². The summed E-state index contributed by atoms with van der Waals surface area (Å²) in [5.41, 5.74) is 0. The first-order valence-electron chi connectivity index (χ1n) is 15.5. The lowest BCUT2D eigenvalue weighted by Gasteiger charge is -2.40. The Balaban J connectivity index is 2.39. The zero-order chi connectivity index (χ0) is 28.0. The third-order valence-electron chi connectivity index (χ3n) is 7.45. The van der Waals surface area contributed by atoms with Gasteiger partial charge in [0.05, 0.1) is 25.4 Å². The summed E-state index contributed by atoms with van der Waals surface area (Å²) in [6, 6.07) is -0.419. The molecule has 0 saturated carbocycles. The first kappa shape index (κ1) is 35.4. The molecule has 226 valence electrons. The Bertz CT molecular complexity index is 563. The van der Waals surface area contributed by atoms with Crippen molar-refractivity contribution in [2.45, 2.75) is 159 Å². The maximum Gasteiger partial charge on any atom is 0.186 e. The van der Waals surface area contributed by atoms with E-state index in [2.05, 4.69) is 19.2 Å². The largest absolute Gasteiger partial charge is 0.394 e. The fourth-order valence-electron chi connectivity index (χ4n) is 4.82. The Kier molecular flexibility index (Phi) is 21.6. The fourth-order valence-corrected chi connectivity index (χ4v) is 4.82. The maximum absolute atomic E-state index is 10.8. The minimum Gasteiger partial charge on any atom is -0.394 e. The molecule has 1 aliphatic rings. The number of ether oxygens (including phenoxy) is 2. The van der Waals surface area contributed by atoms with E-state index in [9.17, 15) is 25.5 Å². The van der Waals surface area contributed by atoms with E-state index in [4.69, 9.17) is 9.47 Å². The van der Waals surface area contributed by atoms with Crippen LogP contribution >= 0.6 is 0 Å². The molecule has 38 heavy (non-hydrogen) atoms. The Morgan fingerprint density at radius 2 is 1.32 bits per heavy atom. The Labute approximate surface area is 231 Å². The molecule has 0 aromatic heterocycles. The van der Waals surface area contributed by atoms with Crippen molar-refractivity contribution in [1.29, 1.82) is 0 Å². The van der Waals surface area contributed by atoms with Crippen LogP contribution in [0.1, 0.15) is 117 Å². The molecule has 0 aromatic rings. The molecule has 8 heteroatoms. The van der Waals surface area contributed by atoms with E-state index in [0.717, 1.165) is 45.1 Å².